The second-order valence-electron chi connectivity index (χ2n) is 6.18. The Hall–Kier alpha value is -1.76. The van der Waals surface area contributed by atoms with Crippen LogP contribution < -0.4 is 4.74 Å². The predicted octanol–water partition coefficient (Wildman–Crippen LogP) is 5.31. The molecule has 2 aromatic rings. The van der Waals surface area contributed by atoms with Crippen molar-refractivity contribution in [3.8, 4) is 11.5 Å². The maximum Gasteiger partial charge on any atom is 0.130 e. The second-order valence-corrected chi connectivity index (χ2v) is 6.18. The third-order valence-corrected chi connectivity index (χ3v) is 4.84. The molecule has 1 unspecified atom stereocenters. The summed E-state index contributed by atoms with van der Waals surface area (Å²) in [7, 11) is 0. The van der Waals surface area contributed by atoms with E-state index in [-0.39, 0.29) is 0 Å². The highest BCUT2D eigenvalue weighted by molar-refractivity contribution is 5.44. The fourth-order valence-electron chi connectivity index (χ4n) is 3.87. The van der Waals surface area contributed by atoms with Gasteiger partial charge < -0.3 is 4.74 Å². The molecule has 0 spiro atoms. The highest BCUT2D eigenvalue weighted by atomic mass is 16.5. The standard InChI is InChI=1S/C19H20O/c1-3-10-18-16(7-1)13-14-6-5-8-15(12-14)17-9-2-4-11-19(17)20-18/h1-4,7,9-11,14-15H,5-6,8,12-13H2/t14-,15?/m1/s1. The topological polar surface area (TPSA) is 9.23 Å². The Morgan fingerprint density at radius 3 is 2.60 bits per heavy atom. The maximum absolute atomic E-state index is 6.27. The van der Waals surface area contributed by atoms with Crippen LogP contribution in [0.5, 0.6) is 11.5 Å². The van der Waals surface area contributed by atoms with Crippen molar-refractivity contribution in [2.75, 3.05) is 0 Å². The van der Waals surface area contributed by atoms with E-state index in [0.717, 1.165) is 17.4 Å². The van der Waals surface area contributed by atoms with Gasteiger partial charge in [0, 0.05) is 0 Å². The normalized spacial score (nSPS) is 24.4. The van der Waals surface area contributed by atoms with Crippen molar-refractivity contribution in [3.05, 3.63) is 59.7 Å². The minimum Gasteiger partial charge on any atom is -0.457 e. The summed E-state index contributed by atoms with van der Waals surface area (Å²) in [5.41, 5.74) is 2.78. The molecule has 1 heterocycles. The Bertz CT molecular complexity index is 617. The summed E-state index contributed by atoms with van der Waals surface area (Å²) in [6.07, 6.45) is 6.52. The van der Waals surface area contributed by atoms with Crippen LogP contribution in [0.2, 0.25) is 0 Å². The van der Waals surface area contributed by atoms with Crippen LogP contribution in [0.1, 0.15) is 42.7 Å². The van der Waals surface area contributed by atoms with Crippen LogP contribution in [0.25, 0.3) is 0 Å². The van der Waals surface area contributed by atoms with Crippen LogP contribution in [0, 0.1) is 5.92 Å². The quantitative estimate of drug-likeness (QED) is 0.626. The number of ether oxygens (including phenoxy) is 1. The molecule has 20 heavy (non-hydrogen) atoms. The van der Waals surface area contributed by atoms with E-state index in [4.69, 9.17) is 4.74 Å². The molecule has 0 N–H and O–H groups in total. The minimum atomic E-state index is 0.680. The second kappa shape index (κ2) is 4.97. The molecule has 1 aliphatic carbocycles. The number of rotatable bonds is 0. The summed E-state index contributed by atoms with van der Waals surface area (Å²) < 4.78 is 6.27. The smallest absolute Gasteiger partial charge is 0.130 e. The molecule has 1 fully saturated rings. The van der Waals surface area contributed by atoms with E-state index in [9.17, 15) is 0 Å². The summed E-state index contributed by atoms with van der Waals surface area (Å²) >= 11 is 0. The number of hydrogen-bond acceptors (Lipinski definition) is 1. The van der Waals surface area contributed by atoms with E-state index < -0.39 is 0 Å². The van der Waals surface area contributed by atoms with Gasteiger partial charge in [-0.25, -0.2) is 0 Å². The summed E-state index contributed by atoms with van der Waals surface area (Å²) in [5.74, 6) is 3.60. The van der Waals surface area contributed by atoms with E-state index in [1.165, 1.54) is 43.2 Å². The molecule has 0 saturated heterocycles. The molecule has 2 atom stereocenters. The highest BCUT2D eigenvalue weighted by Gasteiger charge is 2.27. The van der Waals surface area contributed by atoms with Crippen LogP contribution in [0.3, 0.4) is 0 Å². The van der Waals surface area contributed by atoms with Crippen LogP contribution in [0.4, 0.5) is 0 Å². The summed E-state index contributed by atoms with van der Waals surface area (Å²) in [6.45, 7) is 0. The number of benzene rings is 2. The Morgan fingerprint density at radius 1 is 0.850 bits per heavy atom. The van der Waals surface area contributed by atoms with Crippen molar-refractivity contribution < 1.29 is 4.74 Å². The third-order valence-electron chi connectivity index (χ3n) is 4.84. The molecule has 0 aromatic heterocycles. The lowest BCUT2D eigenvalue weighted by Gasteiger charge is -2.29. The zero-order valence-electron chi connectivity index (χ0n) is 11.7. The first kappa shape index (κ1) is 12.0. The van der Waals surface area contributed by atoms with Gasteiger partial charge in [0.05, 0.1) is 0 Å². The van der Waals surface area contributed by atoms with Gasteiger partial charge in [0.15, 0.2) is 0 Å². The number of para-hydroxylation sites is 2. The molecule has 4 rings (SSSR count). The van der Waals surface area contributed by atoms with E-state index in [1.807, 2.05) is 0 Å². The SMILES string of the molecule is c1ccc2c(c1)C[C@@H]1CCCC(C1)c1ccccc1O2. The van der Waals surface area contributed by atoms with Gasteiger partial charge in [-0.15, -0.1) is 0 Å². The molecule has 1 saturated carbocycles. The van der Waals surface area contributed by atoms with Gasteiger partial charge in [0.1, 0.15) is 11.5 Å². The molecular weight excluding hydrogens is 244 g/mol. The van der Waals surface area contributed by atoms with Crippen molar-refractivity contribution in [3.63, 3.8) is 0 Å². The van der Waals surface area contributed by atoms with Gasteiger partial charge in [-0.3, -0.25) is 0 Å². The fourth-order valence-corrected chi connectivity index (χ4v) is 3.87. The van der Waals surface area contributed by atoms with Gasteiger partial charge in [0.2, 0.25) is 0 Å². The van der Waals surface area contributed by atoms with Crippen molar-refractivity contribution in [2.24, 2.45) is 5.92 Å². The van der Waals surface area contributed by atoms with E-state index in [0.29, 0.717) is 5.92 Å². The molecule has 0 amide bonds. The summed E-state index contributed by atoms with van der Waals surface area (Å²) in [4.78, 5) is 0. The average Bonchev–Trinajstić information content (AvgIpc) is 2.53. The average molecular weight is 264 g/mol. The van der Waals surface area contributed by atoms with Gasteiger partial charge in [0.25, 0.3) is 0 Å². The Kier molecular flexibility index (Phi) is 2.99. The lowest BCUT2D eigenvalue weighted by molar-refractivity contribution is 0.321. The van der Waals surface area contributed by atoms with Gasteiger partial charge >= 0.3 is 0 Å². The van der Waals surface area contributed by atoms with Crippen molar-refractivity contribution >= 4 is 0 Å². The molecule has 0 radical (unpaired) electrons. The van der Waals surface area contributed by atoms with Gasteiger partial charge in [-0.05, 0) is 54.4 Å². The van der Waals surface area contributed by atoms with E-state index in [2.05, 4.69) is 48.5 Å². The third kappa shape index (κ3) is 2.11. The number of hydrogen-bond donors (Lipinski definition) is 0. The van der Waals surface area contributed by atoms with Crippen molar-refractivity contribution in [1.82, 2.24) is 0 Å². The molecule has 2 bridgehead atoms. The van der Waals surface area contributed by atoms with E-state index >= 15 is 0 Å². The first-order valence-corrected chi connectivity index (χ1v) is 7.75. The van der Waals surface area contributed by atoms with Crippen LogP contribution >= 0.6 is 0 Å². The predicted molar refractivity (Wildman–Crippen MR) is 81.4 cm³/mol. The number of fused-ring (bicyclic) bond motifs is 5. The maximum atomic E-state index is 6.27. The molecule has 2 aromatic carbocycles. The zero-order valence-corrected chi connectivity index (χ0v) is 11.7. The van der Waals surface area contributed by atoms with Gasteiger partial charge in [-0.1, -0.05) is 49.2 Å². The van der Waals surface area contributed by atoms with Gasteiger partial charge in [-0.2, -0.15) is 0 Å². The van der Waals surface area contributed by atoms with E-state index in [1.54, 1.807) is 0 Å². The zero-order chi connectivity index (χ0) is 13.4. The monoisotopic (exact) mass is 264 g/mol. The largest absolute Gasteiger partial charge is 0.457 e. The molecule has 102 valence electrons. The lowest BCUT2D eigenvalue weighted by atomic mass is 9.76. The highest BCUT2D eigenvalue weighted by Crippen LogP contribution is 2.44. The molecule has 1 nitrogen and oxygen atoms in total. The Balaban J connectivity index is 1.85. The first-order chi connectivity index (χ1) is 9.90. The molecular formula is C19H20O. The van der Waals surface area contributed by atoms with Crippen LogP contribution in [-0.4, -0.2) is 0 Å². The Morgan fingerprint density at radius 2 is 1.65 bits per heavy atom. The fraction of sp³-hybridized carbons (Fsp3) is 0.368. The minimum absolute atomic E-state index is 0.680. The van der Waals surface area contributed by atoms with Crippen LogP contribution in [0.15, 0.2) is 48.5 Å². The Labute approximate surface area is 120 Å². The first-order valence-electron chi connectivity index (χ1n) is 7.75. The van der Waals surface area contributed by atoms with Crippen molar-refractivity contribution in [2.45, 2.75) is 38.0 Å². The van der Waals surface area contributed by atoms with Crippen LogP contribution in [-0.2, 0) is 6.42 Å². The molecule has 1 aliphatic heterocycles. The molecule has 2 aliphatic rings. The molecule has 1 heteroatoms. The summed E-state index contributed by atoms with van der Waals surface area (Å²) in [5, 5.41) is 0. The van der Waals surface area contributed by atoms with Crippen molar-refractivity contribution in [1.29, 1.82) is 0 Å². The summed E-state index contributed by atoms with van der Waals surface area (Å²) in [6, 6.07) is 17.2. The lowest BCUT2D eigenvalue weighted by Crippen LogP contribution is -2.15.